The second-order valence-electron chi connectivity index (χ2n) is 6.43. The molecule has 0 bridgehead atoms. The smallest absolute Gasteiger partial charge is 0.315 e. The van der Waals surface area contributed by atoms with E-state index in [1.54, 1.807) is 0 Å². The molecule has 0 radical (unpaired) electrons. The van der Waals surface area contributed by atoms with Gasteiger partial charge in [-0.2, -0.15) is 0 Å². The van der Waals surface area contributed by atoms with Crippen molar-refractivity contribution in [3.8, 4) is 0 Å². The van der Waals surface area contributed by atoms with Crippen LogP contribution in [0.25, 0.3) is 0 Å². The van der Waals surface area contributed by atoms with E-state index in [4.69, 9.17) is 0 Å². The Labute approximate surface area is 145 Å². The predicted octanol–water partition coefficient (Wildman–Crippen LogP) is -0.493. The highest BCUT2D eigenvalue weighted by atomic mass is 16.3. The fourth-order valence-electron chi connectivity index (χ4n) is 3.33. The van der Waals surface area contributed by atoms with Crippen LogP contribution in [0.15, 0.2) is 30.3 Å². The molecule has 134 valence electrons. The first-order valence-corrected chi connectivity index (χ1v) is 8.33. The van der Waals surface area contributed by atoms with Crippen molar-refractivity contribution in [2.24, 2.45) is 0 Å². The number of carbonyl (C=O) groups excluding carboxylic acids is 3. The van der Waals surface area contributed by atoms with Crippen molar-refractivity contribution in [1.29, 1.82) is 0 Å². The normalized spacial score (nSPS) is 26.6. The molecule has 0 aromatic heterocycles. The van der Waals surface area contributed by atoms with Gasteiger partial charge in [0.25, 0.3) is 0 Å². The topological polar surface area (TPSA) is 111 Å². The Kier molecular flexibility index (Phi) is 4.89. The van der Waals surface area contributed by atoms with Gasteiger partial charge in [-0.05, 0) is 18.9 Å². The van der Waals surface area contributed by atoms with Crippen LogP contribution in [0.2, 0.25) is 0 Å². The van der Waals surface area contributed by atoms with Crippen molar-refractivity contribution >= 4 is 17.8 Å². The Hall–Kier alpha value is -2.61. The third-order valence-electron chi connectivity index (χ3n) is 4.67. The summed E-state index contributed by atoms with van der Waals surface area (Å²) in [4.78, 5) is 37.9. The van der Waals surface area contributed by atoms with Crippen LogP contribution in [-0.4, -0.2) is 59.1 Å². The van der Waals surface area contributed by atoms with Gasteiger partial charge in [-0.3, -0.25) is 9.59 Å². The number of carbonyl (C=O) groups is 3. The summed E-state index contributed by atoms with van der Waals surface area (Å²) >= 11 is 0. The fourth-order valence-corrected chi connectivity index (χ4v) is 3.33. The molecule has 4 atom stereocenters. The zero-order valence-corrected chi connectivity index (χ0v) is 13.9. The lowest BCUT2D eigenvalue weighted by Gasteiger charge is -2.33. The van der Waals surface area contributed by atoms with Crippen LogP contribution >= 0.6 is 0 Å². The number of fused-ring (bicyclic) bond motifs is 1. The lowest BCUT2D eigenvalue weighted by molar-refractivity contribution is -0.148. The summed E-state index contributed by atoms with van der Waals surface area (Å²) in [5.74, 6) is -0.601. The van der Waals surface area contributed by atoms with Gasteiger partial charge in [0.15, 0.2) is 0 Å². The minimum Gasteiger partial charge on any atom is -0.394 e. The van der Waals surface area contributed by atoms with E-state index in [0.717, 1.165) is 5.56 Å². The van der Waals surface area contributed by atoms with Gasteiger partial charge in [-0.1, -0.05) is 30.3 Å². The van der Waals surface area contributed by atoms with E-state index in [2.05, 4.69) is 16.0 Å². The van der Waals surface area contributed by atoms with Gasteiger partial charge < -0.3 is 26.0 Å². The zero-order valence-electron chi connectivity index (χ0n) is 13.9. The van der Waals surface area contributed by atoms with E-state index in [0.29, 0.717) is 6.42 Å². The van der Waals surface area contributed by atoms with Crippen molar-refractivity contribution in [1.82, 2.24) is 20.9 Å². The van der Waals surface area contributed by atoms with Crippen molar-refractivity contribution in [2.75, 3.05) is 13.2 Å². The molecule has 2 fully saturated rings. The van der Waals surface area contributed by atoms with Crippen LogP contribution in [0.5, 0.6) is 0 Å². The summed E-state index contributed by atoms with van der Waals surface area (Å²) in [7, 11) is 0. The Morgan fingerprint density at radius 3 is 2.76 bits per heavy atom. The molecule has 2 aliphatic heterocycles. The number of hydrogen-bond acceptors (Lipinski definition) is 4. The molecule has 0 unspecified atom stereocenters. The van der Waals surface area contributed by atoms with Gasteiger partial charge in [0.2, 0.25) is 11.8 Å². The van der Waals surface area contributed by atoms with Crippen LogP contribution in [0, 0.1) is 0 Å². The van der Waals surface area contributed by atoms with Gasteiger partial charge in [0.05, 0.1) is 18.7 Å². The van der Waals surface area contributed by atoms with Gasteiger partial charge in [-0.25, -0.2) is 4.79 Å². The summed E-state index contributed by atoms with van der Waals surface area (Å²) in [5, 5.41) is 17.4. The lowest BCUT2D eigenvalue weighted by atomic mass is 10.1. The number of urea groups is 1. The number of piperazine rings is 1. The van der Waals surface area contributed by atoms with Gasteiger partial charge in [0.1, 0.15) is 12.1 Å². The Bertz CT molecular complexity index is 666. The molecule has 8 nitrogen and oxygen atoms in total. The first kappa shape index (κ1) is 17.2. The van der Waals surface area contributed by atoms with Crippen LogP contribution in [0.4, 0.5) is 4.79 Å². The third-order valence-corrected chi connectivity index (χ3v) is 4.67. The minimum absolute atomic E-state index is 0.158. The van der Waals surface area contributed by atoms with E-state index in [9.17, 15) is 19.5 Å². The average Bonchev–Trinajstić information content (AvgIpc) is 3.03. The zero-order chi connectivity index (χ0) is 18.0. The molecule has 0 saturated carbocycles. The number of aliphatic hydroxyl groups is 1. The quantitative estimate of drug-likeness (QED) is 0.589. The summed E-state index contributed by atoms with van der Waals surface area (Å²) < 4.78 is 0. The number of nitrogens with one attached hydrogen (secondary N) is 3. The maximum absolute atomic E-state index is 12.2. The van der Waals surface area contributed by atoms with Gasteiger partial charge in [0, 0.05) is 6.54 Å². The summed E-state index contributed by atoms with van der Waals surface area (Å²) in [5.41, 5.74) is 0.988. The average molecular weight is 346 g/mol. The highest BCUT2D eigenvalue weighted by molar-refractivity contribution is 5.97. The van der Waals surface area contributed by atoms with Crippen molar-refractivity contribution in [3.63, 3.8) is 0 Å². The maximum atomic E-state index is 12.2. The Balaban J connectivity index is 1.57. The van der Waals surface area contributed by atoms with Crippen LogP contribution in [-0.2, 0) is 9.59 Å². The lowest BCUT2D eigenvalue weighted by Crippen LogP contribution is -2.62. The standard InChI is InChI=1S/C17H22N4O4/c1-10(11-5-3-2-4-6-11)18-17(25)19-12-7-14-15(23)20-13(9-22)16(24)21(14)8-12/h2-6,10,12-14,22H,7-9H2,1H3,(H,20,23)(H2,18,19,25)/t10-,12-,13-,14-/m0/s1. The molecule has 8 heteroatoms. The van der Waals surface area contributed by atoms with E-state index in [1.807, 2.05) is 37.3 Å². The molecule has 25 heavy (non-hydrogen) atoms. The van der Waals surface area contributed by atoms with E-state index >= 15 is 0 Å². The molecule has 0 spiro atoms. The molecule has 2 aliphatic rings. The van der Waals surface area contributed by atoms with Gasteiger partial charge >= 0.3 is 6.03 Å². The highest BCUT2D eigenvalue weighted by Gasteiger charge is 2.46. The first-order valence-electron chi connectivity index (χ1n) is 8.33. The molecular weight excluding hydrogens is 324 g/mol. The van der Waals surface area contributed by atoms with E-state index in [-0.39, 0.29) is 36.5 Å². The first-order chi connectivity index (χ1) is 12.0. The monoisotopic (exact) mass is 346 g/mol. The number of hydrogen-bond donors (Lipinski definition) is 4. The molecule has 1 aromatic carbocycles. The van der Waals surface area contributed by atoms with Crippen LogP contribution in [0.1, 0.15) is 24.9 Å². The Morgan fingerprint density at radius 1 is 1.36 bits per heavy atom. The molecular formula is C17H22N4O4. The number of benzene rings is 1. The molecule has 4 N–H and O–H groups in total. The molecule has 3 rings (SSSR count). The molecule has 2 heterocycles. The summed E-state index contributed by atoms with van der Waals surface area (Å²) in [6.45, 7) is 1.72. The van der Waals surface area contributed by atoms with Crippen LogP contribution in [0.3, 0.4) is 0 Å². The second kappa shape index (κ2) is 7.10. The van der Waals surface area contributed by atoms with Crippen LogP contribution < -0.4 is 16.0 Å². The summed E-state index contributed by atoms with van der Waals surface area (Å²) in [6.07, 6.45) is 0.364. The highest BCUT2D eigenvalue weighted by Crippen LogP contribution is 2.22. The third kappa shape index (κ3) is 3.58. The maximum Gasteiger partial charge on any atom is 0.315 e. The molecule has 1 aromatic rings. The van der Waals surface area contributed by atoms with Crippen molar-refractivity contribution in [2.45, 2.75) is 37.5 Å². The Morgan fingerprint density at radius 2 is 2.08 bits per heavy atom. The predicted molar refractivity (Wildman–Crippen MR) is 89.4 cm³/mol. The number of nitrogens with zero attached hydrogens (tertiary/aromatic N) is 1. The minimum atomic E-state index is -0.894. The second-order valence-corrected chi connectivity index (χ2v) is 6.43. The van der Waals surface area contributed by atoms with E-state index < -0.39 is 18.7 Å². The molecule has 4 amide bonds. The SMILES string of the molecule is C[C@H](NC(=O)N[C@H]1C[C@H]2C(=O)N[C@@H](CO)C(=O)N2C1)c1ccccc1. The number of aliphatic hydroxyl groups excluding tert-OH is 1. The molecule has 0 aliphatic carbocycles. The largest absolute Gasteiger partial charge is 0.394 e. The van der Waals surface area contributed by atoms with E-state index in [1.165, 1.54) is 4.90 Å². The summed E-state index contributed by atoms with van der Waals surface area (Å²) in [6, 6.07) is 7.29. The van der Waals surface area contributed by atoms with Crippen molar-refractivity contribution < 1.29 is 19.5 Å². The fraction of sp³-hybridized carbons (Fsp3) is 0.471. The van der Waals surface area contributed by atoms with Crippen molar-refractivity contribution in [3.05, 3.63) is 35.9 Å². The number of rotatable bonds is 4. The molecule has 2 saturated heterocycles. The van der Waals surface area contributed by atoms with Gasteiger partial charge in [-0.15, -0.1) is 0 Å². The number of amides is 4.